The van der Waals surface area contributed by atoms with Gasteiger partial charge in [0.1, 0.15) is 5.75 Å². The molecule has 6 nitrogen and oxygen atoms in total. The Labute approximate surface area is 79.1 Å². The number of aliphatic imine (C=N–C) groups is 1. The van der Waals surface area contributed by atoms with Gasteiger partial charge < -0.3 is 4.52 Å². The molecule has 0 aromatic heterocycles. The van der Waals surface area contributed by atoms with Crippen LogP contribution in [0.2, 0.25) is 0 Å². The molecule has 0 saturated carbocycles. The standard InChI is InChI=1S/C7H6NO5P/c9-5-8-6-1-3-7(4-2-6)13-14(10,11)12/h1-4H,(H2,10,11,12). The molecular weight excluding hydrogens is 209 g/mol. The Kier molecular flexibility index (Phi) is 3.17. The number of hydrogen-bond donors (Lipinski definition) is 2. The highest BCUT2D eigenvalue weighted by Gasteiger charge is 2.15. The van der Waals surface area contributed by atoms with Crippen molar-refractivity contribution in [2.75, 3.05) is 0 Å². The molecule has 0 spiro atoms. The Bertz CT molecular complexity index is 403. The van der Waals surface area contributed by atoms with Crippen molar-refractivity contribution in [3.05, 3.63) is 24.3 Å². The van der Waals surface area contributed by atoms with Crippen molar-refractivity contribution in [3.8, 4) is 5.75 Å². The first kappa shape index (κ1) is 10.6. The van der Waals surface area contributed by atoms with Crippen LogP contribution >= 0.6 is 7.82 Å². The van der Waals surface area contributed by atoms with Crippen molar-refractivity contribution in [3.63, 3.8) is 0 Å². The van der Waals surface area contributed by atoms with E-state index in [2.05, 4.69) is 9.52 Å². The average molecular weight is 215 g/mol. The molecule has 2 N–H and O–H groups in total. The van der Waals surface area contributed by atoms with E-state index >= 15 is 0 Å². The summed E-state index contributed by atoms with van der Waals surface area (Å²) in [7, 11) is -4.53. The summed E-state index contributed by atoms with van der Waals surface area (Å²) < 4.78 is 14.7. The molecule has 7 heteroatoms. The third kappa shape index (κ3) is 3.51. The average Bonchev–Trinajstić information content (AvgIpc) is 2.06. The van der Waals surface area contributed by atoms with E-state index in [4.69, 9.17) is 9.79 Å². The Morgan fingerprint density at radius 1 is 1.29 bits per heavy atom. The first-order valence-electron chi connectivity index (χ1n) is 3.44. The van der Waals surface area contributed by atoms with Gasteiger partial charge in [0.2, 0.25) is 6.08 Å². The fourth-order valence-corrected chi connectivity index (χ4v) is 1.17. The van der Waals surface area contributed by atoms with Gasteiger partial charge in [0, 0.05) is 0 Å². The fourth-order valence-electron chi connectivity index (χ4n) is 0.772. The third-order valence-electron chi connectivity index (χ3n) is 1.24. The first-order valence-corrected chi connectivity index (χ1v) is 4.97. The molecule has 0 unspecified atom stereocenters. The summed E-state index contributed by atoms with van der Waals surface area (Å²) in [6.45, 7) is 0. The zero-order chi connectivity index (χ0) is 10.6. The SMILES string of the molecule is O=C=Nc1ccc(OP(=O)(O)O)cc1. The van der Waals surface area contributed by atoms with Gasteiger partial charge in [0.25, 0.3) is 0 Å². The van der Waals surface area contributed by atoms with Gasteiger partial charge in [0.05, 0.1) is 5.69 Å². The minimum absolute atomic E-state index is 0.00295. The monoisotopic (exact) mass is 215 g/mol. The quantitative estimate of drug-likeness (QED) is 0.447. The normalized spacial score (nSPS) is 10.4. The molecular formula is C7H6NO5P. The highest BCUT2D eigenvalue weighted by atomic mass is 31.2. The van der Waals surface area contributed by atoms with Crippen LogP contribution in [0.3, 0.4) is 0 Å². The van der Waals surface area contributed by atoms with Crippen LogP contribution in [0.1, 0.15) is 0 Å². The maximum atomic E-state index is 10.4. The van der Waals surface area contributed by atoms with Gasteiger partial charge in [-0.25, -0.2) is 9.36 Å². The second-order valence-corrected chi connectivity index (χ2v) is 3.44. The van der Waals surface area contributed by atoms with Gasteiger partial charge in [-0.05, 0) is 24.3 Å². The maximum Gasteiger partial charge on any atom is 0.524 e. The summed E-state index contributed by atoms with van der Waals surface area (Å²) in [5.41, 5.74) is 0.332. The van der Waals surface area contributed by atoms with E-state index in [0.29, 0.717) is 5.69 Å². The summed E-state index contributed by atoms with van der Waals surface area (Å²) in [5.74, 6) is 0.00295. The molecule has 0 heterocycles. The Hall–Kier alpha value is -1.45. The van der Waals surface area contributed by atoms with E-state index in [-0.39, 0.29) is 5.75 Å². The minimum Gasteiger partial charge on any atom is -0.404 e. The van der Waals surface area contributed by atoms with Crippen LogP contribution in [0.4, 0.5) is 5.69 Å². The van der Waals surface area contributed by atoms with Gasteiger partial charge in [-0.1, -0.05) is 0 Å². The van der Waals surface area contributed by atoms with Crippen molar-refractivity contribution >= 4 is 19.6 Å². The van der Waals surface area contributed by atoms with Crippen LogP contribution in [0.5, 0.6) is 5.75 Å². The topological polar surface area (TPSA) is 96.2 Å². The van der Waals surface area contributed by atoms with Gasteiger partial charge in [0.15, 0.2) is 0 Å². The van der Waals surface area contributed by atoms with Gasteiger partial charge in [-0.2, -0.15) is 4.99 Å². The predicted octanol–water partition coefficient (Wildman–Crippen LogP) is 1.13. The summed E-state index contributed by atoms with van der Waals surface area (Å²) in [6.07, 6.45) is 1.33. The van der Waals surface area contributed by atoms with Crippen LogP contribution in [0.25, 0.3) is 0 Å². The molecule has 0 bridgehead atoms. The number of hydrogen-bond acceptors (Lipinski definition) is 4. The smallest absolute Gasteiger partial charge is 0.404 e. The lowest BCUT2D eigenvalue weighted by Gasteiger charge is -2.05. The van der Waals surface area contributed by atoms with E-state index in [0.717, 1.165) is 0 Å². The lowest BCUT2D eigenvalue weighted by atomic mass is 10.3. The molecule has 1 aromatic carbocycles. The van der Waals surface area contributed by atoms with Gasteiger partial charge in [-0.15, -0.1) is 0 Å². The molecule has 1 aromatic rings. The van der Waals surface area contributed by atoms with E-state index in [1.807, 2.05) is 0 Å². The second kappa shape index (κ2) is 4.17. The van der Waals surface area contributed by atoms with Crippen LogP contribution in [0, 0.1) is 0 Å². The summed E-state index contributed by atoms with van der Waals surface area (Å²) >= 11 is 0. The number of phosphoric ester groups is 1. The van der Waals surface area contributed by atoms with Gasteiger partial charge >= 0.3 is 7.82 Å². The number of nitrogens with zero attached hydrogens (tertiary/aromatic N) is 1. The number of carbonyl (C=O) groups excluding carboxylic acids is 1. The van der Waals surface area contributed by atoms with Crippen molar-refractivity contribution in [2.24, 2.45) is 4.99 Å². The molecule has 0 aliphatic rings. The Morgan fingerprint density at radius 3 is 2.29 bits per heavy atom. The van der Waals surface area contributed by atoms with Crippen molar-refractivity contribution in [1.29, 1.82) is 0 Å². The lowest BCUT2D eigenvalue weighted by Crippen LogP contribution is -1.88. The molecule has 0 radical (unpaired) electrons. The Balaban J connectivity index is 2.84. The van der Waals surface area contributed by atoms with Crippen molar-refractivity contribution in [2.45, 2.75) is 0 Å². The first-order chi connectivity index (χ1) is 6.51. The Morgan fingerprint density at radius 2 is 1.86 bits per heavy atom. The van der Waals surface area contributed by atoms with Crippen molar-refractivity contribution in [1.82, 2.24) is 0 Å². The summed E-state index contributed by atoms with van der Waals surface area (Å²) in [4.78, 5) is 30.0. The molecule has 0 atom stereocenters. The highest BCUT2D eigenvalue weighted by molar-refractivity contribution is 7.46. The van der Waals surface area contributed by atoms with Gasteiger partial charge in [-0.3, -0.25) is 9.79 Å². The predicted molar refractivity (Wildman–Crippen MR) is 46.9 cm³/mol. The van der Waals surface area contributed by atoms with Crippen LogP contribution < -0.4 is 4.52 Å². The zero-order valence-corrected chi connectivity index (χ0v) is 7.72. The number of rotatable bonds is 3. The van der Waals surface area contributed by atoms with E-state index in [1.165, 1.54) is 30.3 Å². The largest absolute Gasteiger partial charge is 0.524 e. The van der Waals surface area contributed by atoms with E-state index in [1.54, 1.807) is 0 Å². The fraction of sp³-hybridized carbons (Fsp3) is 0. The number of benzene rings is 1. The summed E-state index contributed by atoms with van der Waals surface area (Å²) in [6, 6.07) is 5.32. The number of phosphoric acid groups is 1. The molecule has 0 aliphatic heterocycles. The third-order valence-corrected chi connectivity index (χ3v) is 1.68. The minimum atomic E-state index is -4.53. The lowest BCUT2D eigenvalue weighted by molar-refractivity contribution is 0.283. The molecule has 0 saturated heterocycles. The molecule has 0 amide bonds. The number of isocyanates is 1. The molecule has 14 heavy (non-hydrogen) atoms. The maximum absolute atomic E-state index is 10.4. The van der Waals surface area contributed by atoms with Crippen molar-refractivity contribution < 1.29 is 23.7 Å². The van der Waals surface area contributed by atoms with Crippen LogP contribution in [-0.2, 0) is 9.36 Å². The van der Waals surface area contributed by atoms with E-state index < -0.39 is 7.82 Å². The van der Waals surface area contributed by atoms with Crippen LogP contribution in [-0.4, -0.2) is 15.9 Å². The molecule has 74 valence electrons. The zero-order valence-electron chi connectivity index (χ0n) is 6.82. The second-order valence-electron chi connectivity index (χ2n) is 2.28. The highest BCUT2D eigenvalue weighted by Crippen LogP contribution is 2.37. The molecule has 0 aliphatic carbocycles. The van der Waals surface area contributed by atoms with Crippen LogP contribution in [0.15, 0.2) is 29.3 Å². The molecule has 1 rings (SSSR count). The van der Waals surface area contributed by atoms with E-state index in [9.17, 15) is 9.36 Å². The summed E-state index contributed by atoms with van der Waals surface area (Å²) in [5, 5.41) is 0. The molecule has 0 fully saturated rings.